The minimum Gasteiger partial charge on any atom is -0.477 e. The van der Waals surface area contributed by atoms with Crippen LogP contribution in [0.15, 0.2) is 69.9 Å². The lowest BCUT2D eigenvalue weighted by atomic mass is 10.1. The number of carbonyl (C=O) groups is 1. The molecule has 0 bridgehead atoms. The van der Waals surface area contributed by atoms with Crippen LogP contribution in [0.2, 0.25) is 0 Å². The smallest absolute Gasteiger partial charge is 0.348 e. The number of hydrogen-bond donors (Lipinski definition) is 1. The van der Waals surface area contributed by atoms with Crippen molar-refractivity contribution in [2.75, 3.05) is 0 Å². The zero-order valence-electron chi connectivity index (χ0n) is 11.7. The van der Waals surface area contributed by atoms with Crippen LogP contribution in [0.3, 0.4) is 0 Å². The van der Waals surface area contributed by atoms with Crippen molar-refractivity contribution in [2.45, 2.75) is 9.24 Å². The third kappa shape index (κ3) is 2.88. The monoisotopic (exact) mass is 345 g/mol. The van der Waals surface area contributed by atoms with Crippen molar-refractivity contribution in [3.63, 3.8) is 0 Å². The first-order chi connectivity index (χ1) is 11.0. The second-order valence-corrected chi connectivity index (χ2v) is 7.77. The van der Waals surface area contributed by atoms with Crippen LogP contribution in [-0.4, -0.2) is 24.5 Å². The Labute approximate surface area is 136 Å². The highest BCUT2D eigenvalue weighted by atomic mass is 32.2. The molecular weight excluding hydrogens is 334 g/mol. The van der Waals surface area contributed by atoms with E-state index in [9.17, 15) is 18.3 Å². The summed E-state index contributed by atoms with van der Waals surface area (Å²) < 4.78 is 25.0. The topological polar surface area (TPSA) is 84.3 Å². The molecule has 0 fully saturated rings. The molecule has 0 saturated carbocycles. The van der Waals surface area contributed by atoms with Gasteiger partial charge in [-0.1, -0.05) is 59.9 Å². The number of aromatic nitrogens is 1. The van der Waals surface area contributed by atoms with Crippen LogP contribution in [0, 0.1) is 0 Å². The van der Waals surface area contributed by atoms with Gasteiger partial charge in [0.2, 0.25) is 14.2 Å². The lowest BCUT2D eigenvalue weighted by molar-refractivity contribution is 0.0702. The van der Waals surface area contributed by atoms with Crippen LogP contribution >= 0.6 is 11.3 Å². The number of nitrogens with zero attached hydrogens (tertiary/aromatic N) is 1. The van der Waals surface area contributed by atoms with E-state index in [1.807, 2.05) is 0 Å². The van der Waals surface area contributed by atoms with Crippen LogP contribution in [0.4, 0.5) is 0 Å². The first kappa shape index (κ1) is 15.4. The number of carboxylic acids is 1. The fraction of sp³-hybridized carbons (Fsp3) is 0. The number of hydrogen-bond acceptors (Lipinski definition) is 5. The molecule has 0 atom stereocenters. The predicted octanol–water partition coefficient (Wildman–Crippen LogP) is 3.34. The molecule has 0 aliphatic rings. The highest BCUT2D eigenvalue weighted by molar-refractivity contribution is 7.93. The van der Waals surface area contributed by atoms with Gasteiger partial charge in [-0.3, -0.25) is 0 Å². The lowest BCUT2D eigenvalue weighted by Gasteiger charge is -1.99. The van der Waals surface area contributed by atoms with Crippen LogP contribution in [0.1, 0.15) is 9.67 Å². The van der Waals surface area contributed by atoms with Gasteiger partial charge in [0.05, 0.1) is 10.6 Å². The zero-order chi connectivity index (χ0) is 16.4. The van der Waals surface area contributed by atoms with Crippen molar-refractivity contribution in [2.24, 2.45) is 0 Å². The number of carboxylic acid groups (broad SMARTS) is 1. The molecule has 7 heteroatoms. The van der Waals surface area contributed by atoms with Crippen molar-refractivity contribution in [3.8, 4) is 11.3 Å². The average Bonchev–Trinajstić information content (AvgIpc) is 3.03. The summed E-state index contributed by atoms with van der Waals surface area (Å²) in [5, 5.41) is 9.35. The average molecular weight is 345 g/mol. The quantitative estimate of drug-likeness (QED) is 0.784. The third-order valence-corrected chi connectivity index (χ3v) is 6.32. The second kappa shape index (κ2) is 5.94. The molecule has 1 N–H and O–H groups in total. The molecule has 3 aromatic rings. The van der Waals surface area contributed by atoms with Crippen LogP contribution in [0.5, 0.6) is 0 Å². The molecule has 1 aromatic heterocycles. The molecule has 0 radical (unpaired) electrons. The zero-order valence-corrected chi connectivity index (χ0v) is 13.3. The molecule has 0 saturated heterocycles. The van der Waals surface area contributed by atoms with E-state index in [4.69, 9.17) is 0 Å². The van der Waals surface area contributed by atoms with Crippen molar-refractivity contribution in [3.05, 3.63) is 65.5 Å². The number of sulfone groups is 1. The van der Waals surface area contributed by atoms with E-state index in [1.54, 1.807) is 48.5 Å². The van der Waals surface area contributed by atoms with Gasteiger partial charge in [-0.25, -0.2) is 18.2 Å². The standard InChI is InChI=1S/C16H11NO4S2/c18-15(19)14-13(11-7-3-1-4-8-11)17-16(22-14)23(20,21)12-9-5-2-6-10-12/h1-10H,(H,18,19). The summed E-state index contributed by atoms with van der Waals surface area (Å²) in [5.41, 5.74) is 0.730. The molecule has 1 heterocycles. The SMILES string of the molecule is O=C(O)c1sc(S(=O)(=O)c2ccccc2)nc1-c1ccccc1. The van der Waals surface area contributed by atoms with Crippen molar-refractivity contribution in [1.29, 1.82) is 0 Å². The molecule has 0 unspecified atom stereocenters. The van der Waals surface area contributed by atoms with E-state index < -0.39 is 15.8 Å². The lowest BCUT2D eigenvalue weighted by Crippen LogP contribution is -2.01. The first-order valence-electron chi connectivity index (χ1n) is 6.60. The van der Waals surface area contributed by atoms with Gasteiger partial charge in [-0.2, -0.15) is 0 Å². The van der Waals surface area contributed by atoms with Gasteiger partial charge in [0.15, 0.2) is 0 Å². The van der Waals surface area contributed by atoms with Crippen molar-refractivity contribution >= 4 is 27.1 Å². The van der Waals surface area contributed by atoms with Gasteiger partial charge in [0.1, 0.15) is 4.88 Å². The molecule has 0 aliphatic carbocycles. The summed E-state index contributed by atoms with van der Waals surface area (Å²) in [5.74, 6) is -1.20. The summed E-state index contributed by atoms with van der Waals surface area (Å²) in [6.07, 6.45) is 0. The van der Waals surface area contributed by atoms with Gasteiger partial charge in [-0.15, -0.1) is 0 Å². The van der Waals surface area contributed by atoms with E-state index in [-0.39, 0.29) is 19.8 Å². The van der Waals surface area contributed by atoms with E-state index in [1.165, 1.54) is 12.1 Å². The van der Waals surface area contributed by atoms with Gasteiger partial charge in [-0.05, 0) is 12.1 Å². The number of aromatic carboxylic acids is 1. The predicted molar refractivity (Wildman–Crippen MR) is 86.4 cm³/mol. The van der Waals surface area contributed by atoms with Gasteiger partial charge < -0.3 is 5.11 Å². The van der Waals surface area contributed by atoms with Gasteiger partial charge in [0, 0.05) is 5.56 Å². The maximum atomic E-state index is 12.6. The molecular formula is C16H11NO4S2. The normalized spacial score (nSPS) is 11.3. The van der Waals surface area contributed by atoms with Gasteiger partial charge in [0.25, 0.3) is 0 Å². The van der Waals surface area contributed by atoms with E-state index >= 15 is 0 Å². The van der Waals surface area contributed by atoms with E-state index in [0.717, 1.165) is 0 Å². The summed E-state index contributed by atoms with van der Waals surface area (Å²) in [4.78, 5) is 15.5. The molecule has 0 amide bonds. The Kier molecular flexibility index (Phi) is 3.97. The maximum absolute atomic E-state index is 12.6. The Hall–Kier alpha value is -2.51. The summed E-state index contributed by atoms with van der Waals surface area (Å²) in [6, 6.07) is 16.5. The number of rotatable bonds is 4. The summed E-state index contributed by atoms with van der Waals surface area (Å²) in [6.45, 7) is 0. The molecule has 5 nitrogen and oxygen atoms in total. The third-order valence-electron chi connectivity index (χ3n) is 3.13. The Morgan fingerprint density at radius 3 is 2.09 bits per heavy atom. The molecule has 23 heavy (non-hydrogen) atoms. The maximum Gasteiger partial charge on any atom is 0.348 e. The van der Waals surface area contributed by atoms with Crippen LogP contribution in [0.25, 0.3) is 11.3 Å². The van der Waals surface area contributed by atoms with Crippen molar-refractivity contribution in [1.82, 2.24) is 4.98 Å². The molecule has 0 spiro atoms. The fourth-order valence-electron chi connectivity index (χ4n) is 2.05. The minimum absolute atomic E-state index is 0.0882. The molecule has 3 rings (SSSR count). The number of benzene rings is 2. The van der Waals surface area contributed by atoms with Crippen LogP contribution < -0.4 is 0 Å². The van der Waals surface area contributed by atoms with Crippen LogP contribution in [-0.2, 0) is 9.84 Å². The summed E-state index contributed by atoms with van der Waals surface area (Å²) >= 11 is 0.666. The van der Waals surface area contributed by atoms with Crippen molar-refractivity contribution < 1.29 is 18.3 Å². The Bertz CT molecular complexity index is 948. The van der Waals surface area contributed by atoms with Gasteiger partial charge >= 0.3 is 5.97 Å². The molecule has 0 aliphatic heterocycles. The minimum atomic E-state index is -3.84. The highest BCUT2D eigenvalue weighted by Crippen LogP contribution is 2.33. The second-order valence-electron chi connectivity index (χ2n) is 4.65. The van der Waals surface area contributed by atoms with E-state index in [0.29, 0.717) is 16.9 Å². The Balaban J connectivity index is 2.18. The molecule has 2 aromatic carbocycles. The first-order valence-corrected chi connectivity index (χ1v) is 8.90. The number of thiazole rings is 1. The largest absolute Gasteiger partial charge is 0.477 e. The Morgan fingerprint density at radius 2 is 1.52 bits per heavy atom. The Morgan fingerprint density at radius 1 is 0.957 bits per heavy atom. The summed E-state index contributed by atoms with van der Waals surface area (Å²) in [7, 11) is -3.84. The fourth-order valence-corrected chi connectivity index (χ4v) is 4.62. The molecule has 116 valence electrons. The van der Waals surface area contributed by atoms with E-state index in [2.05, 4.69) is 4.98 Å². The highest BCUT2D eigenvalue weighted by Gasteiger charge is 2.27.